The van der Waals surface area contributed by atoms with Crippen LogP contribution in [0.2, 0.25) is 0 Å². The fourth-order valence-electron chi connectivity index (χ4n) is 6.75. The van der Waals surface area contributed by atoms with Gasteiger partial charge in [0.05, 0.1) is 28.6 Å². The molecule has 7 heteroatoms. The van der Waals surface area contributed by atoms with Crippen molar-refractivity contribution in [2.45, 2.75) is 79.5 Å². The minimum absolute atomic E-state index is 0. The van der Waals surface area contributed by atoms with Gasteiger partial charge in [0.15, 0.2) is 0 Å². The molecule has 5 nitrogen and oxygen atoms in total. The smallest absolute Gasteiger partial charge is 0.120 e. The molecule has 8 rings (SSSR count). The van der Waals surface area contributed by atoms with Gasteiger partial charge < -0.3 is 14.0 Å². The summed E-state index contributed by atoms with van der Waals surface area (Å²) in [5.74, 6) is 0.900. The summed E-state index contributed by atoms with van der Waals surface area (Å²) in [6.07, 6.45) is 3.58. The molecule has 8 aromatic rings. The van der Waals surface area contributed by atoms with Crippen LogP contribution >= 0.6 is 0 Å². The topological polar surface area (TPSA) is 56.7 Å². The summed E-state index contributed by atoms with van der Waals surface area (Å²) >= 11 is 0. The molecule has 0 saturated carbocycles. The first kappa shape index (κ1) is 34.8. The monoisotopic (exact) mass is 896 g/mol. The number of halogens is 1. The molecular formula is C47H45FIrN4O-2. The van der Waals surface area contributed by atoms with Gasteiger partial charge in [-0.2, -0.15) is 0 Å². The van der Waals surface area contributed by atoms with Gasteiger partial charge in [0.2, 0.25) is 0 Å². The number of imidazole rings is 1. The maximum absolute atomic E-state index is 14.1. The molecule has 0 amide bonds. The predicted molar refractivity (Wildman–Crippen MR) is 215 cm³/mol. The van der Waals surface area contributed by atoms with Crippen LogP contribution in [0.15, 0.2) is 102 Å². The second-order valence-corrected chi connectivity index (χ2v) is 15.2. The average Bonchev–Trinajstić information content (AvgIpc) is 3.72. The Labute approximate surface area is 335 Å². The maximum Gasteiger partial charge on any atom is 0.120 e. The van der Waals surface area contributed by atoms with Crippen LogP contribution in [0.1, 0.15) is 92.4 Å². The number of furan rings is 1. The van der Waals surface area contributed by atoms with Gasteiger partial charge in [-0.05, 0) is 58.7 Å². The van der Waals surface area contributed by atoms with Crippen LogP contribution in [-0.4, -0.2) is 19.5 Å². The number of aryl methyl sites for hydroxylation is 2. The van der Waals surface area contributed by atoms with Gasteiger partial charge in [0, 0.05) is 53.0 Å². The van der Waals surface area contributed by atoms with Gasteiger partial charge in [-0.1, -0.05) is 120 Å². The van der Waals surface area contributed by atoms with Crippen molar-refractivity contribution in [1.29, 1.82) is 0 Å². The Hall–Kier alpha value is -4.97. The first-order valence-electron chi connectivity index (χ1n) is 19.5. The SMILES string of the molecule is Cc1cc2c(cn1)nc(-c1[c-]ccc3c1oc1ccccc13)n2-c1c(C(C)C)cccc1C(C)C.[2H]C([2H])([2H])c1c[c-]c(-c2ccc(C(C)(C)C)cn2)c(F)c1.[Ir]. The quantitative estimate of drug-likeness (QED) is 0.162. The van der Waals surface area contributed by atoms with E-state index in [2.05, 4.69) is 112 Å². The van der Waals surface area contributed by atoms with Crippen molar-refractivity contribution >= 4 is 33.0 Å². The summed E-state index contributed by atoms with van der Waals surface area (Å²) in [4.78, 5) is 13.9. The van der Waals surface area contributed by atoms with Crippen LogP contribution < -0.4 is 0 Å². The van der Waals surface area contributed by atoms with Gasteiger partial charge in [-0.25, -0.2) is 0 Å². The molecule has 0 unspecified atom stereocenters. The number of para-hydroxylation sites is 2. The zero-order valence-corrected chi connectivity index (χ0v) is 34.2. The Bertz CT molecular complexity index is 2680. The molecular weight excluding hydrogens is 848 g/mol. The van der Waals surface area contributed by atoms with Crippen LogP contribution in [0.25, 0.3) is 61.3 Å². The Kier molecular flexibility index (Phi) is 9.92. The van der Waals surface area contributed by atoms with Crippen molar-refractivity contribution in [1.82, 2.24) is 19.5 Å². The molecule has 0 saturated heterocycles. The van der Waals surface area contributed by atoms with E-state index < -0.39 is 12.7 Å². The number of aromatic nitrogens is 4. The van der Waals surface area contributed by atoms with Crippen molar-refractivity contribution in [3.8, 4) is 28.3 Å². The van der Waals surface area contributed by atoms with E-state index in [1.807, 2.05) is 43.5 Å². The standard InChI is InChI=1S/C31H28N3O.C16H17FN.Ir/c1-18(2)21-11-8-12-22(19(3)4)29(21)34-27-16-20(5)32-17-26(27)33-31(34)25-14-9-13-24-23-10-6-7-15-28(23)35-30(24)25;1-11-5-7-13(14(17)9-11)15-8-6-12(10-18-15)16(2,3)4;/h6-13,15-19H,1-5H3;5-6,8-10H,1-4H3;/q2*-1;/i;1D3;. The molecule has 277 valence electrons. The fourth-order valence-corrected chi connectivity index (χ4v) is 6.75. The molecule has 0 bridgehead atoms. The minimum atomic E-state index is -2.33. The third-order valence-corrected chi connectivity index (χ3v) is 9.58. The molecule has 1 radical (unpaired) electrons. The Morgan fingerprint density at radius 3 is 2.22 bits per heavy atom. The Morgan fingerprint density at radius 2 is 1.57 bits per heavy atom. The summed E-state index contributed by atoms with van der Waals surface area (Å²) in [5, 5.41) is 2.17. The number of hydrogen-bond acceptors (Lipinski definition) is 4. The van der Waals surface area contributed by atoms with E-state index >= 15 is 0 Å². The van der Waals surface area contributed by atoms with E-state index in [4.69, 9.17) is 13.5 Å². The van der Waals surface area contributed by atoms with Crippen LogP contribution in [0, 0.1) is 31.7 Å². The zero-order valence-electron chi connectivity index (χ0n) is 34.8. The summed E-state index contributed by atoms with van der Waals surface area (Å²) < 4.78 is 44.6. The van der Waals surface area contributed by atoms with Gasteiger partial charge in [-0.3, -0.25) is 14.4 Å². The molecule has 0 N–H and O–H groups in total. The number of nitrogens with zero attached hydrogens (tertiary/aromatic N) is 4. The van der Waals surface area contributed by atoms with Crippen LogP contribution in [0.4, 0.5) is 4.39 Å². The number of hydrogen-bond donors (Lipinski definition) is 0. The molecule has 0 aliphatic heterocycles. The minimum Gasteiger partial charge on any atom is -0.501 e. The van der Waals surface area contributed by atoms with Crippen molar-refractivity contribution in [3.05, 3.63) is 143 Å². The molecule has 0 fully saturated rings. The fraction of sp³-hybridized carbons (Fsp3) is 0.255. The molecule has 4 heterocycles. The van der Waals surface area contributed by atoms with Crippen LogP contribution in [0.3, 0.4) is 0 Å². The van der Waals surface area contributed by atoms with E-state index in [1.165, 1.54) is 22.9 Å². The van der Waals surface area contributed by atoms with Gasteiger partial charge in [0.1, 0.15) is 5.58 Å². The van der Waals surface area contributed by atoms with Gasteiger partial charge in [0.25, 0.3) is 0 Å². The molecule has 0 atom stereocenters. The largest absolute Gasteiger partial charge is 0.501 e. The number of rotatable bonds is 5. The molecule has 54 heavy (non-hydrogen) atoms. The second-order valence-electron chi connectivity index (χ2n) is 15.2. The molecule has 4 aromatic carbocycles. The van der Waals surface area contributed by atoms with Crippen molar-refractivity contribution in [2.24, 2.45) is 0 Å². The van der Waals surface area contributed by atoms with Gasteiger partial charge in [-0.15, -0.1) is 42.0 Å². The van der Waals surface area contributed by atoms with E-state index in [0.717, 1.165) is 61.7 Å². The number of pyridine rings is 2. The summed E-state index contributed by atoms with van der Waals surface area (Å²) in [6, 6.07) is 33.1. The summed E-state index contributed by atoms with van der Waals surface area (Å²) in [7, 11) is 0. The average molecular weight is 896 g/mol. The predicted octanol–water partition coefficient (Wildman–Crippen LogP) is 12.6. The molecule has 0 spiro atoms. The van der Waals surface area contributed by atoms with Gasteiger partial charge >= 0.3 is 0 Å². The summed E-state index contributed by atoms with van der Waals surface area (Å²) in [6.45, 7) is 14.9. The third kappa shape index (κ3) is 7.40. The number of fused-ring (bicyclic) bond motifs is 4. The first-order chi connectivity index (χ1) is 26.5. The molecule has 4 aromatic heterocycles. The first-order valence-corrected chi connectivity index (χ1v) is 18.0. The van der Waals surface area contributed by atoms with Crippen molar-refractivity contribution in [3.63, 3.8) is 0 Å². The van der Waals surface area contributed by atoms with E-state index in [9.17, 15) is 4.39 Å². The molecule has 0 aliphatic rings. The Morgan fingerprint density at radius 1 is 0.833 bits per heavy atom. The van der Waals surface area contributed by atoms with E-state index in [-0.39, 0.29) is 36.6 Å². The van der Waals surface area contributed by atoms with E-state index in [0.29, 0.717) is 17.5 Å². The summed E-state index contributed by atoms with van der Waals surface area (Å²) in [5.41, 5.74) is 10.8. The van der Waals surface area contributed by atoms with Crippen molar-refractivity contribution in [2.75, 3.05) is 0 Å². The maximum atomic E-state index is 14.1. The molecule has 0 aliphatic carbocycles. The zero-order chi connectivity index (χ0) is 40.1. The second kappa shape index (κ2) is 15.4. The van der Waals surface area contributed by atoms with Crippen molar-refractivity contribution < 1.29 is 33.0 Å². The Balaban J connectivity index is 0.000000215. The number of benzene rings is 4. The third-order valence-electron chi connectivity index (χ3n) is 9.58. The normalized spacial score (nSPS) is 12.8. The van der Waals surface area contributed by atoms with Crippen LogP contribution in [0.5, 0.6) is 0 Å². The van der Waals surface area contributed by atoms with E-state index in [1.54, 1.807) is 12.3 Å². The van der Waals surface area contributed by atoms with Crippen LogP contribution in [-0.2, 0) is 25.5 Å².